The van der Waals surface area contributed by atoms with Gasteiger partial charge in [-0.1, -0.05) is 20.8 Å². The molecule has 0 fully saturated rings. The number of terminal acetylenes is 1. The van der Waals surface area contributed by atoms with Crippen molar-refractivity contribution in [3.63, 3.8) is 0 Å². The lowest BCUT2D eigenvalue weighted by molar-refractivity contribution is -0.0135. The summed E-state index contributed by atoms with van der Waals surface area (Å²) in [6.07, 6.45) is 8.02. The zero-order valence-electron chi connectivity index (χ0n) is 10.3. The van der Waals surface area contributed by atoms with E-state index in [2.05, 4.69) is 32.1 Å². The highest BCUT2D eigenvalue weighted by atomic mass is 16.5. The van der Waals surface area contributed by atoms with Crippen molar-refractivity contribution in [3.05, 3.63) is 0 Å². The molecule has 3 heteroatoms. The van der Waals surface area contributed by atoms with Crippen molar-refractivity contribution in [2.75, 3.05) is 7.11 Å². The van der Waals surface area contributed by atoms with E-state index in [1.54, 1.807) is 7.11 Å². The Morgan fingerprint density at radius 3 is 2.40 bits per heavy atom. The van der Waals surface area contributed by atoms with E-state index in [0.717, 1.165) is 19.3 Å². The second-order valence-corrected chi connectivity index (χ2v) is 4.89. The average Bonchev–Trinajstić information content (AvgIpc) is 2.14. The lowest BCUT2D eigenvalue weighted by Crippen LogP contribution is -2.50. The first kappa shape index (κ1) is 14.4. The zero-order valence-corrected chi connectivity index (χ0v) is 10.3. The third-order valence-electron chi connectivity index (χ3n) is 2.52. The molecule has 0 aromatic heterocycles. The molecule has 0 saturated carbocycles. The van der Waals surface area contributed by atoms with E-state index in [0.29, 0.717) is 0 Å². The number of unbranched alkanes of at least 4 members (excludes halogenated alkanes) is 1. The topological polar surface area (TPSA) is 47.3 Å². The molecular weight excluding hydrogens is 188 g/mol. The lowest BCUT2D eigenvalue weighted by atomic mass is 9.83. The van der Waals surface area contributed by atoms with E-state index in [1.165, 1.54) is 0 Å². The van der Waals surface area contributed by atoms with Crippen molar-refractivity contribution in [1.29, 1.82) is 0 Å². The fraction of sp³-hybridized carbons (Fsp3) is 0.833. The van der Waals surface area contributed by atoms with Crippen LogP contribution in [0, 0.1) is 17.8 Å². The van der Waals surface area contributed by atoms with Crippen molar-refractivity contribution in [2.45, 2.75) is 52.2 Å². The monoisotopic (exact) mass is 212 g/mol. The maximum absolute atomic E-state index is 5.55. The van der Waals surface area contributed by atoms with Gasteiger partial charge in [0, 0.05) is 19.6 Å². The molecule has 3 nitrogen and oxygen atoms in total. The van der Waals surface area contributed by atoms with Gasteiger partial charge in [-0.3, -0.25) is 11.3 Å². The van der Waals surface area contributed by atoms with Gasteiger partial charge in [0.25, 0.3) is 0 Å². The molecule has 0 aliphatic heterocycles. The molecule has 0 saturated heterocycles. The highest BCUT2D eigenvalue weighted by molar-refractivity contribution is 4.88. The van der Waals surface area contributed by atoms with E-state index < -0.39 is 0 Å². The summed E-state index contributed by atoms with van der Waals surface area (Å²) in [5, 5.41) is 0. The standard InChI is InChI=1S/C12H24N2O/c1-6-7-8-9-10(14-13)11(15-5)12(2,3)4/h1,10-11,14H,7-9,13H2,2-5H3. The normalized spacial score (nSPS) is 15.7. The first-order valence-corrected chi connectivity index (χ1v) is 5.39. The van der Waals surface area contributed by atoms with E-state index >= 15 is 0 Å². The summed E-state index contributed by atoms with van der Waals surface area (Å²) >= 11 is 0. The fourth-order valence-electron chi connectivity index (χ4n) is 1.87. The summed E-state index contributed by atoms with van der Waals surface area (Å²) in [5.41, 5.74) is 2.90. The molecule has 0 spiro atoms. The number of hydrazine groups is 1. The minimum Gasteiger partial charge on any atom is -0.379 e. The van der Waals surface area contributed by atoms with Crippen LogP contribution in [0.15, 0.2) is 0 Å². The number of rotatable bonds is 6. The molecule has 0 bridgehead atoms. The number of methoxy groups -OCH3 is 1. The number of hydrogen-bond donors (Lipinski definition) is 2. The average molecular weight is 212 g/mol. The molecule has 0 aromatic carbocycles. The van der Waals surface area contributed by atoms with Crippen LogP contribution < -0.4 is 11.3 Å². The van der Waals surface area contributed by atoms with Crippen LogP contribution in [0.1, 0.15) is 40.0 Å². The third-order valence-corrected chi connectivity index (χ3v) is 2.52. The molecule has 0 aromatic rings. The van der Waals surface area contributed by atoms with Gasteiger partial charge < -0.3 is 4.74 Å². The van der Waals surface area contributed by atoms with E-state index in [4.69, 9.17) is 17.0 Å². The first-order chi connectivity index (χ1) is 6.97. The minimum absolute atomic E-state index is 0.0714. The molecule has 0 heterocycles. The Bertz CT molecular complexity index is 203. The maximum Gasteiger partial charge on any atom is 0.0785 e. The van der Waals surface area contributed by atoms with Crippen LogP contribution in [0.3, 0.4) is 0 Å². The maximum atomic E-state index is 5.55. The molecule has 15 heavy (non-hydrogen) atoms. The first-order valence-electron chi connectivity index (χ1n) is 5.39. The van der Waals surface area contributed by atoms with Gasteiger partial charge in [0.1, 0.15) is 0 Å². The van der Waals surface area contributed by atoms with Gasteiger partial charge in [0.15, 0.2) is 0 Å². The van der Waals surface area contributed by atoms with Gasteiger partial charge in [-0.15, -0.1) is 12.3 Å². The van der Waals surface area contributed by atoms with Crippen LogP contribution in [-0.4, -0.2) is 19.3 Å². The molecule has 3 N–H and O–H groups in total. The SMILES string of the molecule is C#CCCCC(NN)C(OC)C(C)(C)C. The molecular formula is C12H24N2O. The number of nitrogens with one attached hydrogen (secondary N) is 1. The molecule has 88 valence electrons. The van der Waals surface area contributed by atoms with E-state index in [1.807, 2.05) is 0 Å². The van der Waals surface area contributed by atoms with Gasteiger partial charge >= 0.3 is 0 Å². The fourth-order valence-corrected chi connectivity index (χ4v) is 1.87. The molecule has 2 unspecified atom stereocenters. The number of ether oxygens (including phenoxy) is 1. The van der Waals surface area contributed by atoms with Crippen molar-refractivity contribution < 1.29 is 4.74 Å². The number of nitrogens with two attached hydrogens (primary N) is 1. The quantitative estimate of drug-likeness (QED) is 0.305. The Hall–Kier alpha value is -0.560. The minimum atomic E-state index is 0.0714. The second-order valence-electron chi connectivity index (χ2n) is 4.89. The van der Waals surface area contributed by atoms with Crippen LogP contribution in [-0.2, 0) is 4.74 Å². The third kappa shape index (κ3) is 5.17. The smallest absolute Gasteiger partial charge is 0.0785 e. The van der Waals surface area contributed by atoms with Gasteiger partial charge in [-0.05, 0) is 18.3 Å². The van der Waals surface area contributed by atoms with Gasteiger partial charge in [-0.25, -0.2) is 0 Å². The van der Waals surface area contributed by atoms with Crippen molar-refractivity contribution in [1.82, 2.24) is 5.43 Å². The summed E-state index contributed by atoms with van der Waals surface area (Å²) in [7, 11) is 1.72. The predicted molar refractivity (Wildman–Crippen MR) is 64.0 cm³/mol. The van der Waals surface area contributed by atoms with Crippen molar-refractivity contribution in [2.24, 2.45) is 11.3 Å². The van der Waals surface area contributed by atoms with Crippen molar-refractivity contribution in [3.8, 4) is 12.3 Å². The Morgan fingerprint density at radius 2 is 2.07 bits per heavy atom. The Balaban J connectivity index is 4.29. The largest absolute Gasteiger partial charge is 0.379 e. The Labute approximate surface area is 93.7 Å². The highest BCUT2D eigenvalue weighted by Crippen LogP contribution is 2.26. The summed E-state index contributed by atoms with van der Waals surface area (Å²) in [6, 6.07) is 0.156. The lowest BCUT2D eigenvalue weighted by Gasteiger charge is -2.35. The summed E-state index contributed by atoms with van der Waals surface area (Å²) in [6.45, 7) is 6.44. The summed E-state index contributed by atoms with van der Waals surface area (Å²) in [4.78, 5) is 0. The molecule has 0 amide bonds. The van der Waals surface area contributed by atoms with E-state index in [9.17, 15) is 0 Å². The highest BCUT2D eigenvalue weighted by Gasteiger charge is 2.31. The molecule has 0 rings (SSSR count). The van der Waals surface area contributed by atoms with Gasteiger partial charge in [0.05, 0.1) is 6.10 Å². The zero-order chi connectivity index (χ0) is 11.9. The second kappa shape index (κ2) is 6.84. The van der Waals surface area contributed by atoms with E-state index in [-0.39, 0.29) is 17.6 Å². The van der Waals surface area contributed by atoms with Crippen molar-refractivity contribution >= 4 is 0 Å². The summed E-state index contributed by atoms with van der Waals surface area (Å²) < 4.78 is 5.50. The molecule has 2 atom stereocenters. The van der Waals surface area contributed by atoms with Gasteiger partial charge in [0.2, 0.25) is 0 Å². The predicted octanol–water partition coefficient (Wildman–Crippen LogP) is 1.68. The molecule has 0 radical (unpaired) electrons. The van der Waals surface area contributed by atoms with Crippen LogP contribution in [0.2, 0.25) is 0 Å². The Kier molecular flexibility index (Phi) is 6.58. The van der Waals surface area contributed by atoms with Crippen LogP contribution >= 0.6 is 0 Å². The summed E-state index contributed by atoms with van der Waals surface area (Å²) in [5.74, 6) is 8.18. The van der Waals surface area contributed by atoms with Crippen LogP contribution in [0.25, 0.3) is 0 Å². The van der Waals surface area contributed by atoms with Crippen LogP contribution in [0.4, 0.5) is 0 Å². The molecule has 0 aliphatic rings. The number of hydrogen-bond acceptors (Lipinski definition) is 3. The molecule has 0 aliphatic carbocycles. The Morgan fingerprint density at radius 1 is 1.47 bits per heavy atom. The van der Waals surface area contributed by atoms with Gasteiger partial charge in [-0.2, -0.15) is 0 Å². The van der Waals surface area contributed by atoms with Crippen LogP contribution in [0.5, 0.6) is 0 Å².